The van der Waals surface area contributed by atoms with Gasteiger partial charge < -0.3 is 5.32 Å². The Labute approximate surface area is 79.5 Å². The summed E-state index contributed by atoms with van der Waals surface area (Å²) in [7, 11) is 0. The largest absolute Gasteiger partial charge is 0.301 e. The van der Waals surface area contributed by atoms with Crippen LogP contribution in [0.1, 0.15) is 18.9 Å². The summed E-state index contributed by atoms with van der Waals surface area (Å²) in [6.45, 7) is 6.02. The number of benzene rings is 1. The molecule has 68 valence electrons. The fourth-order valence-electron chi connectivity index (χ4n) is 1.99. The minimum Gasteiger partial charge on any atom is -0.301 e. The zero-order valence-corrected chi connectivity index (χ0v) is 7.96. The third-order valence-corrected chi connectivity index (χ3v) is 2.89. The molecular weight excluding hydrogens is 158 g/mol. The fraction of sp³-hybridized carbons (Fsp3) is 0.333. The molecule has 0 aliphatic carbocycles. The number of nitrogens with one attached hydrogen (secondary N) is 1. The van der Waals surface area contributed by atoms with Crippen molar-refractivity contribution in [3.63, 3.8) is 0 Å². The van der Waals surface area contributed by atoms with E-state index in [2.05, 4.69) is 49.2 Å². The van der Waals surface area contributed by atoms with Gasteiger partial charge in [0.15, 0.2) is 0 Å². The quantitative estimate of drug-likeness (QED) is 0.550. The predicted octanol–water partition coefficient (Wildman–Crippen LogP) is 2.45. The van der Waals surface area contributed by atoms with Crippen LogP contribution in [0.3, 0.4) is 0 Å². The zero-order chi connectivity index (χ0) is 9.31. The van der Waals surface area contributed by atoms with Crippen LogP contribution in [-0.2, 0) is 5.54 Å². The molecule has 1 saturated heterocycles. The van der Waals surface area contributed by atoms with E-state index in [1.165, 1.54) is 5.56 Å². The molecule has 1 aliphatic heterocycles. The van der Waals surface area contributed by atoms with Crippen molar-refractivity contribution in [1.29, 1.82) is 0 Å². The lowest BCUT2D eigenvalue weighted by Gasteiger charge is -2.12. The monoisotopic (exact) mass is 173 g/mol. The van der Waals surface area contributed by atoms with E-state index in [0.717, 1.165) is 6.42 Å². The van der Waals surface area contributed by atoms with Gasteiger partial charge in [-0.15, -0.1) is 6.58 Å². The van der Waals surface area contributed by atoms with Crippen molar-refractivity contribution in [2.45, 2.75) is 24.9 Å². The molecule has 0 unspecified atom stereocenters. The van der Waals surface area contributed by atoms with Crippen LogP contribution in [0.15, 0.2) is 43.0 Å². The van der Waals surface area contributed by atoms with Crippen LogP contribution in [0.4, 0.5) is 0 Å². The summed E-state index contributed by atoms with van der Waals surface area (Å²) >= 11 is 0. The van der Waals surface area contributed by atoms with Gasteiger partial charge in [-0.25, -0.2) is 0 Å². The summed E-state index contributed by atoms with van der Waals surface area (Å²) in [6, 6.07) is 11.2. The fourth-order valence-corrected chi connectivity index (χ4v) is 1.99. The SMILES string of the molecule is C=CC[C@]1(c2ccccc2)N[C@H]1C. The Balaban J connectivity index is 2.29. The summed E-state index contributed by atoms with van der Waals surface area (Å²) in [5.41, 5.74) is 1.56. The van der Waals surface area contributed by atoms with Gasteiger partial charge in [0, 0.05) is 6.04 Å². The summed E-state index contributed by atoms with van der Waals surface area (Å²) in [6.07, 6.45) is 3.00. The molecule has 0 amide bonds. The molecule has 0 saturated carbocycles. The maximum absolute atomic E-state index is 3.81. The number of hydrogen-bond acceptors (Lipinski definition) is 1. The predicted molar refractivity (Wildman–Crippen MR) is 55.5 cm³/mol. The van der Waals surface area contributed by atoms with E-state index in [9.17, 15) is 0 Å². The molecule has 1 heterocycles. The first kappa shape index (κ1) is 8.52. The Morgan fingerprint density at radius 3 is 2.54 bits per heavy atom. The van der Waals surface area contributed by atoms with E-state index in [-0.39, 0.29) is 5.54 Å². The Bertz CT molecular complexity index is 304. The van der Waals surface area contributed by atoms with Crippen LogP contribution in [0.25, 0.3) is 0 Å². The van der Waals surface area contributed by atoms with Crippen LogP contribution in [-0.4, -0.2) is 6.04 Å². The molecule has 1 aromatic rings. The summed E-state index contributed by atoms with van der Waals surface area (Å²) in [4.78, 5) is 0. The lowest BCUT2D eigenvalue weighted by Crippen LogP contribution is -2.12. The maximum atomic E-state index is 3.81. The van der Waals surface area contributed by atoms with Gasteiger partial charge in [-0.3, -0.25) is 0 Å². The van der Waals surface area contributed by atoms with Gasteiger partial charge in [-0.05, 0) is 18.9 Å². The molecule has 2 rings (SSSR count). The van der Waals surface area contributed by atoms with Gasteiger partial charge in [0.25, 0.3) is 0 Å². The first-order chi connectivity index (χ1) is 6.29. The minimum absolute atomic E-state index is 0.184. The highest BCUT2D eigenvalue weighted by molar-refractivity contribution is 5.34. The van der Waals surface area contributed by atoms with Crippen molar-refractivity contribution in [1.82, 2.24) is 5.32 Å². The molecule has 2 atom stereocenters. The van der Waals surface area contributed by atoms with Gasteiger partial charge in [0.1, 0.15) is 0 Å². The third kappa shape index (κ3) is 1.29. The van der Waals surface area contributed by atoms with E-state index in [0.29, 0.717) is 6.04 Å². The molecule has 1 N–H and O–H groups in total. The van der Waals surface area contributed by atoms with E-state index in [1.54, 1.807) is 0 Å². The lowest BCUT2D eigenvalue weighted by atomic mass is 9.92. The Hall–Kier alpha value is -1.08. The summed E-state index contributed by atoms with van der Waals surface area (Å²) in [5, 5.41) is 3.49. The normalized spacial score (nSPS) is 31.3. The van der Waals surface area contributed by atoms with Crippen molar-refractivity contribution in [3.8, 4) is 0 Å². The average Bonchev–Trinajstić information content (AvgIpc) is 2.80. The van der Waals surface area contributed by atoms with E-state index < -0.39 is 0 Å². The third-order valence-electron chi connectivity index (χ3n) is 2.89. The molecule has 1 aliphatic rings. The first-order valence-corrected chi connectivity index (χ1v) is 4.74. The van der Waals surface area contributed by atoms with E-state index >= 15 is 0 Å². The highest BCUT2D eigenvalue weighted by Crippen LogP contribution is 2.40. The van der Waals surface area contributed by atoms with E-state index in [1.807, 2.05) is 6.08 Å². The second kappa shape index (κ2) is 3.00. The van der Waals surface area contributed by atoms with Crippen LogP contribution < -0.4 is 5.32 Å². The second-order valence-electron chi connectivity index (χ2n) is 3.70. The number of hydrogen-bond donors (Lipinski definition) is 1. The Morgan fingerprint density at radius 1 is 1.46 bits per heavy atom. The molecule has 0 spiro atoms. The van der Waals surface area contributed by atoms with Crippen molar-refractivity contribution in [2.75, 3.05) is 0 Å². The van der Waals surface area contributed by atoms with Crippen LogP contribution >= 0.6 is 0 Å². The molecule has 1 aromatic carbocycles. The molecule has 1 fully saturated rings. The van der Waals surface area contributed by atoms with Gasteiger partial charge in [-0.1, -0.05) is 36.4 Å². The standard InChI is InChI=1S/C12H15N/c1-3-9-12(10(2)13-12)11-7-5-4-6-8-11/h3-8,10,13H,1,9H2,2H3/t10-,12-/m0/s1. The minimum atomic E-state index is 0.184. The van der Waals surface area contributed by atoms with Crippen LogP contribution in [0.5, 0.6) is 0 Å². The molecule has 1 nitrogen and oxygen atoms in total. The van der Waals surface area contributed by atoms with E-state index in [4.69, 9.17) is 0 Å². The topological polar surface area (TPSA) is 21.9 Å². The van der Waals surface area contributed by atoms with Crippen molar-refractivity contribution in [2.24, 2.45) is 0 Å². The molecular formula is C12H15N. The molecule has 0 bridgehead atoms. The number of rotatable bonds is 3. The molecule has 1 heteroatoms. The van der Waals surface area contributed by atoms with Gasteiger partial charge >= 0.3 is 0 Å². The zero-order valence-electron chi connectivity index (χ0n) is 7.96. The van der Waals surface area contributed by atoms with Gasteiger partial charge in [-0.2, -0.15) is 0 Å². The average molecular weight is 173 g/mol. The van der Waals surface area contributed by atoms with Gasteiger partial charge in [0.2, 0.25) is 0 Å². The summed E-state index contributed by atoms with van der Waals surface area (Å²) < 4.78 is 0. The summed E-state index contributed by atoms with van der Waals surface area (Å²) in [5.74, 6) is 0. The molecule has 0 aromatic heterocycles. The van der Waals surface area contributed by atoms with Crippen molar-refractivity contribution < 1.29 is 0 Å². The Kier molecular flexibility index (Phi) is 1.97. The van der Waals surface area contributed by atoms with Crippen LogP contribution in [0.2, 0.25) is 0 Å². The Morgan fingerprint density at radius 2 is 2.08 bits per heavy atom. The van der Waals surface area contributed by atoms with Crippen molar-refractivity contribution >= 4 is 0 Å². The highest BCUT2D eigenvalue weighted by atomic mass is 15.2. The molecule has 13 heavy (non-hydrogen) atoms. The van der Waals surface area contributed by atoms with Gasteiger partial charge in [0.05, 0.1) is 5.54 Å². The van der Waals surface area contributed by atoms with Crippen molar-refractivity contribution in [3.05, 3.63) is 48.6 Å². The second-order valence-corrected chi connectivity index (χ2v) is 3.70. The molecule has 0 radical (unpaired) electrons. The lowest BCUT2D eigenvalue weighted by molar-refractivity contribution is 0.664. The van der Waals surface area contributed by atoms with Crippen LogP contribution in [0, 0.1) is 0 Å². The smallest absolute Gasteiger partial charge is 0.0625 e. The maximum Gasteiger partial charge on any atom is 0.0625 e. The highest BCUT2D eigenvalue weighted by Gasteiger charge is 2.50. The first-order valence-electron chi connectivity index (χ1n) is 4.74.